The minimum atomic E-state index is -0.677. The molecule has 0 spiro atoms. The number of hydrogen-bond acceptors (Lipinski definition) is 6. The first-order valence-corrected chi connectivity index (χ1v) is 4.46. The summed E-state index contributed by atoms with van der Waals surface area (Å²) >= 11 is 0. The van der Waals surface area contributed by atoms with Crippen LogP contribution in [0.3, 0.4) is 0 Å². The topological polar surface area (TPSA) is 117 Å². The Balaban J connectivity index is 3.01. The van der Waals surface area contributed by atoms with E-state index < -0.39 is 11.8 Å². The summed E-state index contributed by atoms with van der Waals surface area (Å²) in [6.07, 6.45) is 0. The lowest BCUT2D eigenvalue weighted by molar-refractivity contribution is 0.0941. The largest absolute Gasteiger partial charge is 0.274 e. The lowest BCUT2D eigenvalue weighted by atomic mass is 10.0. The van der Waals surface area contributed by atoms with E-state index in [1.54, 1.807) is 17.8 Å². The van der Waals surface area contributed by atoms with Crippen LogP contribution in [-0.4, -0.2) is 11.8 Å². The van der Waals surface area contributed by atoms with Crippen molar-refractivity contribution >= 4 is 11.8 Å². The van der Waals surface area contributed by atoms with Crippen LogP contribution >= 0.6 is 0 Å². The molecule has 1 aromatic carbocycles. The third-order valence-electron chi connectivity index (χ3n) is 2.03. The Labute approximate surface area is 95.3 Å². The van der Waals surface area contributed by atoms with Gasteiger partial charge in [0, 0.05) is 11.1 Å². The molecule has 0 radical (unpaired) electrons. The fourth-order valence-electron chi connectivity index (χ4n) is 1.27. The summed E-state index contributed by atoms with van der Waals surface area (Å²) in [5.41, 5.74) is 4.31. The number of rotatable bonds is 4. The van der Waals surface area contributed by atoms with Crippen molar-refractivity contribution in [2.24, 2.45) is 10.6 Å². The number of nitrogens with zero attached hydrogens (tertiary/aromatic N) is 2. The highest BCUT2D eigenvalue weighted by Crippen LogP contribution is 2.11. The van der Waals surface area contributed by atoms with Crippen molar-refractivity contribution in [1.82, 2.24) is 10.9 Å². The van der Waals surface area contributed by atoms with Crippen LogP contribution in [-0.2, 0) is 0 Å². The van der Waals surface area contributed by atoms with Crippen LogP contribution in [0.4, 0.5) is 0 Å². The first-order chi connectivity index (χ1) is 8.10. The number of carbonyl (C=O) groups excluding carboxylic acids is 2. The molecule has 0 bridgehead atoms. The van der Waals surface area contributed by atoms with Gasteiger partial charge in [0.05, 0.1) is 10.6 Å². The molecule has 8 nitrogen and oxygen atoms in total. The average molecular weight is 236 g/mol. The zero-order valence-corrected chi connectivity index (χ0v) is 8.76. The molecular weight excluding hydrogens is 228 g/mol. The highest BCUT2D eigenvalue weighted by Gasteiger charge is 2.12. The van der Waals surface area contributed by atoms with Gasteiger partial charge < -0.3 is 0 Å². The highest BCUT2D eigenvalue weighted by atomic mass is 16.3. The van der Waals surface area contributed by atoms with E-state index in [-0.39, 0.29) is 11.1 Å². The van der Waals surface area contributed by atoms with Crippen molar-refractivity contribution in [3.63, 3.8) is 0 Å². The van der Waals surface area contributed by atoms with Gasteiger partial charge in [0.2, 0.25) is 0 Å². The monoisotopic (exact) mass is 236 g/mol. The van der Waals surface area contributed by atoms with E-state index in [4.69, 9.17) is 0 Å². The molecular formula is C9H8N4O4. The average Bonchev–Trinajstić information content (AvgIpc) is 2.29. The molecule has 1 rings (SSSR count). The van der Waals surface area contributed by atoms with Gasteiger partial charge in [0.25, 0.3) is 11.8 Å². The van der Waals surface area contributed by atoms with Crippen molar-refractivity contribution < 1.29 is 9.59 Å². The van der Waals surface area contributed by atoms with Gasteiger partial charge in [-0.1, -0.05) is 0 Å². The van der Waals surface area contributed by atoms with Crippen molar-refractivity contribution in [3.05, 3.63) is 44.7 Å². The molecule has 0 atom stereocenters. The number of hydrogen-bond donors (Lipinski definition) is 2. The fourth-order valence-corrected chi connectivity index (χ4v) is 1.27. The van der Waals surface area contributed by atoms with Gasteiger partial charge in [0.15, 0.2) is 0 Å². The highest BCUT2D eigenvalue weighted by molar-refractivity contribution is 5.98. The molecule has 0 saturated carbocycles. The lowest BCUT2D eigenvalue weighted by Crippen LogP contribution is -2.20. The van der Waals surface area contributed by atoms with Gasteiger partial charge in [-0.2, -0.15) is 0 Å². The molecule has 0 saturated heterocycles. The SMILES string of the molecule is Cc1cc(C(=O)NN=O)ccc1C(=O)NN=O. The Morgan fingerprint density at radius 1 is 1.06 bits per heavy atom. The second-order valence-electron chi connectivity index (χ2n) is 3.09. The predicted octanol–water partition coefficient (Wildman–Crippen LogP) is 0.817. The first-order valence-electron chi connectivity index (χ1n) is 4.46. The van der Waals surface area contributed by atoms with Gasteiger partial charge >= 0.3 is 0 Å². The Morgan fingerprint density at radius 3 is 2.18 bits per heavy atom. The number of benzene rings is 1. The van der Waals surface area contributed by atoms with Crippen LogP contribution in [0.15, 0.2) is 28.8 Å². The number of carbonyl (C=O) groups is 2. The quantitative estimate of drug-likeness (QED) is 0.594. The molecule has 0 aromatic heterocycles. The Morgan fingerprint density at radius 2 is 1.65 bits per heavy atom. The first kappa shape index (κ1) is 12.4. The van der Waals surface area contributed by atoms with E-state index in [9.17, 15) is 19.4 Å². The molecule has 2 N–H and O–H groups in total. The third-order valence-corrected chi connectivity index (χ3v) is 2.03. The minimum Gasteiger partial charge on any atom is -0.267 e. The van der Waals surface area contributed by atoms with Gasteiger partial charge in [-0.3, -0.25) is 9.59 Å². The summed E-state index contributed by atoms with van der Waals surface area (Å²) in [7, 11) is 0. The number of nitrogens with one attached hydrogen (secondary N) is 2. The van der Waals surface area contributed by atoms with Crippen molar-refractivity contribution in [2.75, 3.05) is 0 Å². The predicted molar refractivity (Wildman–Crippen MR) is 57.7 cm³/mol. The fraction of sp³-hybridized carbons (Fsp3) is 0.111. The third kappa shape index (κ3) is 2.91. The number of nitroso groups, excluding NO2 is 2. The van der Waals surface area contributed by atoms with Gasteiger partial charge in [-0.05, 0) is 30.7 Å². The van der Waals surface area contributed by atoms with E-state index in [2.05, 4.69) is 10.6 Å². The van der Waals surface area contributed by atoms with E-state index in [0.29, 0.717) is 5.56 Å². The van der Waals surface area contributed by atoms with Crippen LogP contribution in [0.5, 0.6) is 0 Å². The second kappa shape index (κ2) is 5.45. The molecule has 17 heavy (non-hydrogen) atoms. The van der Waals surface area contributed by atoms with Crippen LogP contribution in [0.1, 0.15) is 26.3 Å². The smallest absolute Gasteiger partial charge is 0.267 e. The summed E-state index contributed by atoms with van der Waals surface area (Å²) in [5, 5.41) is 4.50. The zero-order chi connectivity index (χ0) is 12.8. The molecule has 0 unspecified atom stereocenters. The molecule has 8 heteroatoms. The Bertz CT molecular complexity index is 486. The second-order valence-corrected chi connectivity index (χ2v) is 3.09. The van der Waals surface area contributed by atoms with E-state index in [0.717, 1.165) is 0 Å². The van der Waals surface area contributed by atoms with Crippen LogP contribution in [0, 0.1) is 16.7 Å². The summed E-state index contributed by atoms with van der Waals surface area (Å²) in [6, 6.07) is 4.06. The van der Waals surface area contributed by atoms with Gasteiger partial charge in [-0.25, -0.2) is 10.9 Å². The lowest BCUT2D eigenvalue weighted by Gasteiger charge is -2.04. The molecule has 2 amide bonds. The van der Waals surface area contributed by atoms with Crippen molar-refractivity contribution in [2.45, 2.75) is 6.92 Å². The molecule has 0 aliphatic carbocycles. The summed E-state index contributed by atoms with van der Waals surface area (Å²) < 4.78 is 0. The standard InChI is InChI=1S/C9H8N4O4/c1-5-4-6(8(14)10-12-16)2-3-7(5)9(15)11-13-17/h2-4H,1H3,(H,10,14,16)(H,11,15,17). The molecule has 88 valence electrons. The van der Waals surface area contributed by atoms with Crippen molar-refractivity contribution in [1.29, 1.82) is 0 Å². The Hall–Kier alpha value is -2.64. The van der Waals surface area contributed by atoms with Crippen molar-refractivity contribution in [3.8, 4) is 0 Å². The summed E-state index contributed by atoms with van der Waals surface area (Å²) in [4.78, 5) is 42.2. The molecule has 0 fully saturated rings. The maximum Gasteiger partial charge on any atom is 0.274 e. The molecule has 0 heterocycles. The van der Waals surface area contributed by atoms with Crippen LogP contribution in [0.25, 0.3) is 0 Å². The van der Waals surface area contributed by atoms with Crippen LogP contribution in [0.2, 0.25) is 0 Å². The van der Waals surface area contributed by atoms with E-state index in [1.165, 1.54) is 18.2 Å². The zero-order valence-electron chi connectivity index (χ0n) is 8.76. The number of aryl methyl sites for hydroxylation is 1. The summed E-state index contributed by atoms with van der Waals surface area (Å²) in [5.74, 6) is -1.35. The maximum atomic E-state index is 11.3. The molecule has 1 aromatic rings. The Kier molecular flexibility index (Phi) is 3.98. The van der Waals surface area contributed by atoms with Gasteiger partial charge in [-0.15, -0.1) is 9.81 Å². The van der Waals surface area contributed by atoms with E-state index >= 15 is 0 Å². The van der Waals surface area contributed by atoms with E-state index in [1.807, 2.05) is 0 Å². The number of amides is 2. The molecule has 0 aliphatic rings. The minimum absolute atomic E-state index is 0.178. The summed E-state index contributed by atoms with van der Waals surface area (Å²) in [6.45, 7) is 1.57. The normalized spacial score (nSPS) is 9.24. The molecule has 0 aliphatic heterocycles. The van der Waals surface area contributed by atoms with Crippen LogP contribution < -0.4 is 10.9 Å². The maximum absolute atomic E-state index is 11.3. The van der Waals surface area contributed by atoms with Gasteiger partial charge in [0.1, 0.15) is 0 Å².